The van der Waals surface area contributed by atoms with Gasteiger partial charge in [0.15, 0.2) is 0 Å². The van der Waals surface area contributed by atoms with E-state index in [1.54, 1.807) is 7.11 Å². The van der Waals surface area contributed by atoms with E-state index in [1.807, 2.05) is 12.1 Å². The molecule has 0 saturated heterocycles. The number of hydrogen-bond acceptors (Lipinski definition) is 1. The largest absolute Gasteiger partial charge is 0.379 e. The maximum atomic E-state index is 5.97. The van der Waals surface area contributed by atoms with Crippen LogP contribution in [-0.4, -0.2) is 17.3 Å². The summed E-state index contributed by atoms with van der Waals surface area (Å²) in [6.07, 6.45) is 3.09. The van der Waals surface area contributed by atoms with Gasteiger partial charge >= 0.3 is 0 Å². The Morgan fingerprint density at radius 1 is 1.29 bits per heavy atom. The van der Waals surface area contributed by atoms with Gasteiger partial charge in [0.05, 0.1) is 5.60 Å². The Hall–Kier alpha value is -0.990. The van der Waals surface area contributed by atoms with E-state index in [1.165, 1.54) is 10.9 Å². The number of halogens is 1. The summed E-state index contributed by atoms with van der Waals surface area (Å²) in [7, 11) is 1.76. The number of aryl methyl sites for hydroxylation is 1. The molecule has 0 aliphatic carbocycles. The Labute approximate surface area is 107 Å². The van der Waals surface area contributed by atoms with Crippen molar-refractivity contribution in [3.05, 3.63) is 35.5 Å². The fraction of sp³-hybridized carbons (Fsp3) is 0.429. The summed E-state index contributed by atoms with van der Waals surface area (Å²) in [6.45, 7) is 5.16. The van der Waals surface area contributed by atoms with Gasteiger partial charge in [-0.1, -0.05) is 11.6 Å². The van der Waals surface area contributed by atoms with Crippen LogP contribution in [0.15, 0.2) is 30.5 Å². The third kappa shape index (κ3) is 2.82. The van der Waals surface area contributed by atoms with E-state index < -0.39 is 0 Å². The van der Waals surface area contributed by atoms with Crippen molar-refractivity contribution < 1.29 is 4.74 Å². The molecule has 3 heteroatoms. The lowest BCUT2D eigenvalue weighted by molar-refractivity contribution is 0.0123. The lowest BCUT2D eigenvalue weighted by Gasteiger charge is -2.23. The SMILES string of the molecule is COC(C)(C)CCn1ccc2cc(Cl)ccc21. The lowest BCUT2D eigenvalue weighted by atomic mass is 10.1. The zero-order valence-electron chi connectivity index (χ0n) is 10.5. The molecule has 0 radical (unpaired) electrons. The molecule has 17 heavy (non-hydrogen) atoms. The van der Waals surface area contributed by atoms with Crippen LogP contribution in [0, 0.1) is 0 Å². The monoisotopic (exact) mass is 251 g/mol. The summed E-state index contributed by atoms with van der Waals surface area (Å²) >= 11 is 5.97. The second kappa shape index (κ2) is 4.71. The lowest BCUT2D eigenvalue weighted by Crippen LogP contribution is -2.24. The van der Waals surface area contributed by atoms with Gasteiger partial charge in [-0.3, -0.25) is 0 Å². The molecule has 0 fully saturated rings. The van der Waals surface area contributed by atoms with Gasteiger partial charge in [0.25, 0.3) is 0 Å². The van der Waals surface area contributed by atoms with E-state index in [-0.39, 0.29) is 5.60 Å². The summed E-state index contributed by atoms with van der Waals surface area (Å²) < 4.78 is 7.68. The molecule has 1 aromatic carbocycles. The number of nitrogens with zero attached hydrogens (tertiary/aromatic N) is 1. The Balaban J connectivity index is 2.20. The van der Waals surface area contributed by atoms with Crippen LogP contribution in [-0.2, 0) is 11.3 Å². The molecule has 0 spiro atoms. The fourth-order valence-corrected chi connectivity index (χ4v) is 2.04. The van der Waals surface area contributed by atoms with Gasteiger partial charge in [0, 0.05) is 35.8 Å². The second-order valence-electron chi connectivity index (χ2n) is 4.93. The molecule has 1 aromatic heterocycles. The molecule has 0 aliphatic heterocycles. The first-order chi connectivity index (χ1) is 8.02. The Kier molecular flexibility index (Phi) is 3.45. The third-order valence-electron chi connectivity index (χ3n) is 3.24. The first kappa shape index (κ1) is 12.5. The molecular formula is C14H18ClNO. The summed E-state index contributed by atoms with van der Waals surface area (Å²) in [5, 5.41) is 1.97. The molecular weight excluding hydrogens is 234 g/mol. The van der Waals surface area contributed by atoms with Crippen molar-refractivity contribution in [1.82, 2.24) is 4.57 Å². The highest BCUT2D eigenvalue weighted by Crippen LogP contribution is 2.22. The molecule has 92 valence electrons. The predicted molar refractivity (Wildman–Crippen MR) is 72.7 cm³/mol. The van der Waals surface area contributed by atoms with Crippen LogP contribution in [0.25, 0.3) is 10.9 Å². The average Bonchev–Trinajstić information content (AvgIpc) is 2.69. The van der Waals surface area contributed by atoms with Gasteiger partial charge < -0.3 is 9.30 Å². The number of ether oxygens (including phenoxy) is 1. The van der Waals surface area contributed by atoms with Gasteiger partial charge in [0.2, 0.25) is 0 Å². The highest BCUT2D eigenvalue weighted by Gasteiger charge is 2.16. The molecule has 0 aliphatic rings. The molecule has 0 atom stereocenters. The molecule has 0 amide bonds. The molecule has 0 saturated carbocycles. The minimum absolute atomic E-state index is 0.0803. The fourth-order valence-electron chi connectivity index (χ4n) is 1.86. The van der Waals surface area contributed by atoms with E-state index in [0.717, 1.165) is 18.0 Å². The zero-order valence-corrected chi connectivity index (χ0v) is 11.3. The van der Waals surface area contributed by atoms with Crippen molar-refractivity contribution in [2.75, 3.05) is 7.11 Å². The minimum Gasteiger partial charge on any atom is -0.379 e. The maximum absolute atomic E-state index is 5.97. The highest BCUT2D eigenvalue weighted by atomic mass is 35.5. The zero-order chi connectivity index (χ0) is 12.5. The summed E-state index contributed by atoms with van der Waals surface area (Å²) in [6, 6.07) is 8.09. The van der Waals surface area contributed by atoms with Gasteiger partial charge in [0.1, 0.15) is 0 Å². The molecule has 2 rings (SSSR count). The van der Waals surface area contributed by atoms with Crippen LogP contribution < -0.4 is 0 Å². The standard InChI is InChI=1S/C14H18ClNO/c1-14(2,17-3)7-9-16-8-6-11-10-12(15)4-5-13(11)16/h4-6,8,10H,7,9H2,1-3H3. The Morgan fingerprint density at radius 2 is 2.06 bits per heavy atom. The van der Waals surface area contributed by atoms with E-state index >= 15 is 0 Å². The topological polar surface area (TPSA) is 14.2 Å². The van der Waals surface area contributed by atoms with E-state index in [0.29, 0.717) is 0 Å². The van der Waals surface area contributed by atoms with Crippen LogP contribution in [0.4, 0.5) is 0 Å². The molecule has 2 aromatic rings. The predicted octanol–water partition coefficient (Wildman–Crippen LogP) is 4.11. The van der Waals surface area contributed by atoms with E-state index in [9.17, 15) is 0 Å². The first-order valence-corrected chi connectivity index (χ1v) is 6.19. The number of benzene rings is 1. The van der Waals surface area contributed by atoms with Crippen molar-refractivity contribution >= 4 is 22.5 Å². The van der Waals surface area contributed by atoms with Gasteiger partial charge in [-0.25, -0.2) is 0 Å². The van der Waals surface area contributed by atoms with Crippen LogP contribution in [0.2, 0.25) is 5.02 Å². The normalized spacial score (nSPS) is 12.2. The number of rotatable bonds is 4. The molecule has 0 bridgehead atoms. The van der Waals surface area contributed by atoms with Gasteiger partial charge in [-0.2, -0.15) is 0 Å². The van der Waals surface area contributed by atoms with Crippen LogP contribution in [0.3, 0.4) is 0 Å². The number of aromatic nitrogens is 1. The van der Waals surface area contributed by atoms with Crippen molar-refractivity contribution in [3.63, 3.8) is 0 Å². The second-order valence-corrected chi connectivity index (χ2v) is 5.36. The van der Waals surface area contributed by atoms with E-state index in [4.69, 9.17) is 16.3 Å². The Morgan fingerprint density at radius 3 is 2.76 bits per heavy atom. The molecule has 2 nitrogen and oxygen atoms in total. The van der Waals surface area contributed by atoms with Crippen LogP contribution >= 0.6 is 11.6 Å². The Bertz CT molecular complexity index is 516. The first-order valence-electron chi connectivity index (χ1n) is 5.81. The van der Waals surface area contributed by atoms with Crippen LogP contribution in [0.1, 0.15) is 20.3 Å². The van der Waals surface area contributed by atoms with Crippen molar-refractivity contribution in [1.29, 1.82) is 0 Å². The highest BCUT2D eigenvalue weighted by molar-refractivity contribution is 6.31. The molecule has 0 N–H and O–H groups in total. The summed E-state index contributed by atoms with van der Waals surface area (Å²) in [5.41, 5.74) is 1.14. The smallest absolute Gasteiger partial charge is 0.0639 e. The van der Waals surface area contributed by atoms with Gasteiger partial charge in [-0.05, 0) is 44.5 Å². The minimum atomic E-state index is -0.0803. The average molecular weight is 252 g/mol. The van der Waals surface area contributed by atoms with Crippen molar-refractivity contribution in [3.8, 4) is 0 Å². The molecule has 0 unspecified atom stereocenters. The molecule has 1 heterocycles. The van der Waals surface area contributed by atoms with E-state index in [2.05, 4.69) is 36.7 Å². The van der Waals surface area contributed by atoms with Crippen molar-refractivity contribution in [2.24, 2.45) is 0 Å². The quantitative estimate of drug-likeness (QED) is 0.798. The van der Waals surface area contributed by atoms with Gasteiger partial charge in [-0.15, -0.1) is 0 Å². The summed E-state index contributed by atoms with van der Waals surface area (Å²) in [4.78, 5) is 0. The van der Waals surface area contributed by atoms with Crippen molar-refractivity contribution in [2.45, 2.75) is 32.4 Å². The number of hydrogen-bond donors (Lipinski definition) is 0. The number of fused-ring (bicyclic) bond motifs is 1. The maximum Gasteiger partial charge on any atom is 0.0639 e. The third-order valence-corrected chi connectivity index (χ3v) is 3.48. The van der Waals surface area contributed by atoms with Crippen LogP contribution in [0.5, 0.6) is 0 Å². The number of methoxy groups -OCH3 is 1. The summed E-state index contributed by atoms with van der Waals surface area (Å²) in [5.74, 6) is 0.